The Morgan fingerprint density at radius 2 is 2.33 bits per heavy atom. The molecule has 0 radical (unpaired) electrons. The van der Waals surface area contributed by atoms with Crippen LogP contribution in [0.4, 0.5) is 9.93 Å². The van der Waals surface area contributed by atoms with Gasteiger partial charge in [-0.1, -0.05) is 17.4 Å². The molecule has 78 valence electrons. The van der Waals surface area contributed by atoms with Gasteiger partial charge in [0.15, 0.2) is 5.13 Å². The van der Waals surface area contributed by atoms with Crippen LogP contribution in [-0.4, -0.2) is 18.2 Å². The fourth-order valence-electron chi connectivity index (χ4n) is 1.22. The summed E-state index contributed by atoms with van der Waals surface area (Å²) in [5.74, 6) is 0. The number of carbonyl (C=O) groups excluding carboxylic acids is 1. The van der Waals surface area contributed by atoms with Gasteiger partial charge in [-0.15, -0.1) is 0 Å². The predicted molar refractivity (Wildman–Crippen MR) is 60.4 cm³/mol. The van der Waals surface area contributed by atoms with E-state index < -0.39 is 6.09 Å². The van der Waals surface area contributed by atoms with Crippen LogP contribution >= 0.6 is 11.3 Å². The number of rotatable bonds is 1. The third kappa shape index (κ3) is 2.07. The van der Waals surface area contributed by atoms with Gasteiger partial charge in [-0.3, -0.25) is 5.32 Å². The van der Waals surface area contributed by atoms with Crippen molar-refractivity contribution < 1.29 is 9.53 Å². The van der Waals surface area contributed by atoms with Gasteiger partial charge in [0, 0.05) is 0 Å². The maximum Gasteiger partial charge on any atom is 0.413 e. The van der Waals surface area contributed by atoms with Gasteiger partial charge >= 0.3 is 6.09 Å². The van der Waals surface area contributed by atoms with Crippen LogP contribution in [-0.2, 0) is 4.74 Å². The number of fused-ring (bicyclic) bond motifs is 1. The maximum atomic E-state index is 11.0. The van der Waals surface area contributed by atoms with Crippen molar-refractivity contribution in [3.8, 4) is 0 Å². The van der Waals surface area contributed by atoms with Crippen molar-refractivity contribution in [1.82, 2.24) is 4.98 Å². The number of methoxy groups -OCH3 is 1. The molecule has 2 aromatic rings. The fourth-order valence-corrected chi connectivity index (χ4v) is 2.17. The number of hydrogen-bond donors (Lipinski definition) is 1. The first-order valence-electron chi connectivity index (χ1n) is 4.41. The number of carbonyl (C=O) groups is 1. The second kappa shape index (κ2) is 3.86. The van der Waals surface area contributed by atoms with Crippen LogP contribution in [0.25, 0.3) is 10.2 Å². The molecule has 1 aromatic carbocycles. The van der Waals surface area contributed by atoms with Crippen LogP contribution in [0.2, 0.25) is 0 Å². The van der Waals surface area contributed by atoms with Crippen molar-refractivity contribution in [2.75, 3.05) is 12.4 Å². The van der Waals surface area contributed by atoms with Crippen LogP contribution in [0.15, 0.2) is 18.2 Å². The Morgan fingerprint density at radius 1 is 1.53 bits per heavy atom. The molecule has 0 unspecified atom stereocenters. The molecule has 0 bridgehead atoms. The van der Waals surface area contributed by atoms with Crippen molar-refractivity contribution in [2.24, 2.45) is 0 Å². The van der Waals surface area contributed by atoms with E-state index >= 15 is 0 Å². The van der Waals surface area contributed by atoms with Gasteiger partial charge < -0.3 is 4.74 Å². The number of aryl methyl sites for hydroxylation is 1. The maximum absolute atomic E-state index is 11.0. The van der Waals surface area contributed by atoms with Crippen molar-refractivity contribution in [2.45, 2.75) is 6.92 Å². The molecule has 1 heterocycles. The molecular weight excluding hydrogens is 212 g/mol. The number of nitrogens with one attached hydrogen (secondary N) is 1. The van der Waals surface area contributed by atoms with E-state index in [9.17, 15) is 4.79 Å². The summed E-state index contributed by atoms with van der Waals surface area (Å²) >= 11 is 1.43. The van der Waals surface area contributed by atoms with Crippen LogP contribution in [0.1, 0.15) is 5.56 Å². The van der Waals surface area contributed by atoms with Crippen LogP contribution < -0.4 is 5.32 Å². The third-order valence-corrected chi connectivity index (χ3v) is 2.87. The Labute approximate surface area is 90.9 Å². The lowest BCUT2D eigenvalue weighted by atomic mass is 10.2. The van der Waals surface area contributed by atoms with Crippen molar-refractivity contribution in [3.05, 3.63) is 23.8 Å². The molecule has 15 heavy (non-hydrogen) atoms. The standard InChI is InChI=1S/C10H10N2O2S/c1-6-3-4-7-8(5-6)15-9(11-7)12-10(13)14-2/h3-5H,1-2H3,(H,11,12,13). The molecule has 1 amide bonds. The molecule has 0 aliphatic rings. The highest BCUT2D eigenvalue weighted by molar-refractivity contribution is 7.22. The zero-order valence-corrected chi connectivity index (χ0v) is 9.22. The molecule has 0 atom stereocenters. The number of anilines is 1. The average molecular weight is 222 g/mol. The second-order valence-corrected chi connectivity index (χ2v) is 4.14. The number of nitrogens with zero attached hydrogens (tertiary/aromatic N) is 1. The number of benzene rings is 1. The SMILES string of the molecule is COC(=O)Nc1nc2ccc(C)cc2s1. The summed E-state index contributed by atoms with van der Waals surface area (Å²) in [4.78, 5) is 15.2. The van der Waals surface area contributed by atoms with E-state index in [1.807, 2.05) is 25.1 Å². The molecular formula is C10H10N2O2S. The monoisotopic (exact) mass is 222 g/mol. The number of hydrogen-bond acceptors (Lipinski definition) is 4. The zero-order chi connectivity index (χ0) is 10.8. The summed E-state index contributed by atoms with van der Waals surface area (Å²) in [6, 6.07) is 5.96. The largest absolute Gasteiger partial charge is 0.453 e. The minimum absolute atomic E-state index is 0.495. The smallest absolute Gasteiger partial charge is 0.413 e. The van der Waals surface area contributed by atoms with Gasteiger partial charge in [0.1, 0.15) is 0 Å². The van der Waals surface area contributed by atoms with Gasteiger partial charge in [-0.05, 0) is 24.6 Å². The first kappa shape index (κ1) is 9.92. The summed E-state index contributed by atoms with van der Waals surface area (Å²) < 4.78 is 5.55. The van der Waals surface area contributed by atoms with E-state index in [1.54, 1.807) is 0 Å². The lowest BCUT2D eigenvalue weighted by Crippen LogP contribution is -2.10. The normalized spacial score (nSPS) is 10.3. The lowest BCUT2D eigenvalue weighted by molar-refractivity contribution is 0.187. The summed E-state index contributed by atoms with van der Waals surface area (Å²) in [5, 5.41) is 3.10. The van der Waals surface area contributed by atoms with Gasteiger partial charge in [0.2, 0.25) is 0 Å². The number of aromatic nitrogens is 1. The van der Waals surface area contributed by atoms with Crippen LogP contribution in [0.3, 0.4) is 0 Å². The summed E-state index contributed by atoms with van der Waals surface area (Å²) in [6.07, 6.45) is -0.495. The molecule has 1 aromatic heterocycles. The molecule has 0 spiro atoms. The van der Waals surface area contributed by atoms with Crippen LogP contribution in [0.5, 0.6) is 0 Å². The van der Waals surface area contributed by atoms with Gasteiger partial charge in [0.05, 0.1) is 17.3 Å². The minimum Gasteiger partial charge on any atom is -0.453 e. The highest BCUT2D eigenvalue weighted by Crippen LogP contribution is 2.26. The Kier molecular flexibility index (Phi) is 2.55. The quantitative estimate of drug-likeness (QED) is 0.807. The summed E-state index contributed by atoms with van der Waals surface area (Å²) in [6.45, 7) is 2.02. The molecule has 5 heteroatoms. The highest BCUT2D eigenvalue weighted by atomic mass is 32.1. The molecule has 0 aliphatic carbocycles. The minimum atomic E-state index is -0.495. The van der Waals surface area contributed by atoms with Crippen LogP contribution in [0, 0.1) is 6.92 Å². The van der Waals surface area contributed by atoms with E-state index in [2.05, 4.69) is 15.0 Å². The van der Waals surface area contributed by atoms with Gasteiger partial charge in [0.25, 0.3) is 0 Å². The molecule has 1 N–H and O–H groups in total. The topological polar surface area (TPSA) is 51.2 Å². The Balaban J connectivity index is 2.34. The molecule has 0 fully saturated rings. The van der Waals surface area contributed by atoms with E-state index in [0.29, 0.717) is 5.13 Å². The third-order valence-electron chi connectivity index (χ3n) is 1.94. The number of ether oxygens (including phenoxy) is 1. The van der Waals surface area contributed by atoms with Crippen molar-refractivity contribution in [3.63, 3.8) is 0 Å². The first-order chi connectivity index (χ1) is 7.19. The predicted octanol–water partition coefficient (Wildman–Crippen LogP) is 2.78. The van der Waals surface area contributed by atoms with Gasteiger partial charge in [-0.25, -0.2) is 9.78 Å². The zero-order valence-electron chi connectivity index (χ0n) is 8.40. The van der Waals surface area contributed by atoms with E-state index in [0.717, 1.165) is 10.2 Å². The molecule has 0 saturated heterocycles. The summed E-state index contributed by atoms with van der Waals surface area (Å²) in [5.41, 5.74) is 2.06. The second-order valence-electron chi connectivity index (χ2n) is 3.11. The Bertz CT molecular complexity index is 507. The number of amides is 1. The van der Waals surface area contributed by atoms with Gasteiger partial charge in [-0.2, -0.15) is 0 Å². The summed E-state index contributed by atoms with van der Waals surface area (Å²) in [7, 11) is 1.33. The van der Waals surface area contributed by atoms with E-state index in [-0.39, 0.29) is 0 Å². The van der Waals surface area contributed by atoms with Crippen molar-refractivity contribution >= 4 is 32.8 Å². The van der Waals surface area contributed by atoms with E-state index in [1.165, 1.54) is 24.0 Å². The number of thiazole rings is 1. The van der Waals surface area contributed by atoms with Crippen molar-refractivity contribution in [1.29, 1.82) is 0 Å². The average Bonchev–Trinajstić information content (AvgIpc) is 2.59. The Hall–Kier alpha value is -1.62. The molecule has 2 rings (SSSR count). The molecule has 0 aliphatic heterocycles. The lowest BCUT2D eigenvalue weighted by Gasteiger charge is -1.96. The molecule has 4 nitrogen and oxygen atoms in total. The fraction of sp³-hybridized carbons (Fsp3) is 0.200. The highest BCUT2D eigenvalue weighted by Gasteiger charge is 2.06. The molecule has 0 saturated carbocycles. The first-order valence-corrected chi connectivity index (χ1v) is 5.23. The Morgan fingerprint density at radius 3 is 3.07 bits per heavy atom. The van der Waals surface area contributed by atoms with E-state index in [4.69, 9.17) is 0 Å².